The lowest BCUT2D eigenvalue weighted by Crippen LogP contribution is -2.23. The number of hydrogen-bond donors (Lipinski definition) is 0. The Morgan fingerprint density at radius 1 is 0.955 bits per heavy atom. The van der Waals surface area contributed by atoms with E-state index in [-0.39, 0.29) is 0 Å². The zero-order valence-electron chi connectivity index (χ0n) is 12.3. The number of likely N-dealkylation sites (N-methyl/N-ethyl adjacent to an activating group) is 1. The third kappa shape index (κ3) is 5.07. The van der Waals surface area contributed by atoms with Crippen LogP contribution in [0, 0.1) is 0 Å². The van der Waals surface area contributed by atoms with E-state index in [2.05, 4.69) is 0 Å². The molecule has 0 spiro atoms. The van der Waals surface area contributed by atoms with Crippen molar-refractivity contribution in [3.63, 3.8) is 0 Å². The molecule has 0 unspecified atom stereocenters. The molecular weight excluding hydrogens is 291 g/mol. The topological polar surface area (TPSA) is 12.5 Å². The highest BCUT2D eigenvalue weighted by molar-refractivity contribution is 5.24. The van der Waals surface area contributed by atoms with Crippen molar-refractivity contribution >= 4 is 0 Å². The minimum absolute atomic E-state index is 0.529. The molecule has 0 aliphatic heterocycles. The number of halogens is 3. The van der Waals surface area contributed by atoms with Gasteiger partial charge in [0.1, 0.15) is 12.4 Å². The molecule has 0 atom stereocenters. The predicted molar refractivity (Wildman–Crippen MR) is 79.7 cm³/mol. The number of benzene rings is 2. The number of nitrogens with zero attached hydrogens (tertiary/aromatic N) is 1. The lowest BCUT2D eigenvalue weighted by Gasteiger charge is -2.17. The van der Waals surface area contributed by atoms with Gasteiger partial charge in [0.25, 0.3) is 0 Å². The summed E-state index contributed by atoms with van der Waals surface area (Å²) in [5.41, 5.74) is 0.224. The van der Waals surface area contributed by atoms with Crippen LogP contribution in [-0.4, -0.2) is 25.1 Å². The molecule has 2 aromatic rings. The van der Waals surface area contributed by atoms with Crippen LogP contribution in [0.2, 0.25) is 0 Å². The highest BCUT2D eigenvalue weighted by Crippen LogP contribution is 2.29. The number of ether oxygens (including phenoxy) is 1. The molecule has 0 saturated heterocycles. The lowest BCUT2D eigenvalue weighted by atomic mass is 10.1. The second-order valence-corrected chi connectivity index (χ2v) is 5.09. The van der Waals surface area contributed by atoms with Crippen LogP contribution in [-0.2, 0) is 12.7 Å². The second-order valence-electron chi connectivity index (χ2n) is 5.09. The third-order valence-electron chi connectivity index (χ3n) is 3.22. The molecule has 0 aliphatic carbocycles. The van der Waals surface area contributed by atoms with E-state index in [0.717, 1.165) is 23.4 Å². The van der Waals surface area contributed by atoms with Crippen molar-refractivity contribution in [1.29, 1.82) is 0 Å². The first-order valence-corrected chi connectivity index (χ1v) is 6.98. The van der Waals surface area contributed by atoms with Gasteiger partial charge in [-0.15, -0.1) is 0 Å². The highest BCUT2D eigenvalue weighted by Gasteiger charge is 2.29. The van der Waals surface area contributed by atoms with Gasteiger partial charge in [0.15, 0.2) is 0 Å². The zero-order valence-corrected chi connectivity index (χ0v) is 12.3. The zero-order chi connectivity index (χ0) is 16.0. The highest BCUT2D eigenvalue weighted by atomic mass is 19.4. The molecule has 0 heterocycles. The van der Waals surface area contributed by atoms with Crippen LogP contribution in [0.3, 0.4) is 0 Å². The molecule has 0 aromatic heterocycles. The van der Waals surface area contributed by atoms with Gasteiger partial charge < -0.3 is 4.74 Å². The van der Waals surface area contributed by atoms with Gasteiger partial charge in [-0.05, 0) is 36.9 Å². The summed E-state index contributed by atoms with van der Waals surface area (Å²) >= 11 is 0. The number of rotatable bonds is 6. The number of para-hydroxylation sites is 1. The summed E-state index contributed by atoms with van der Waals surface area (Å²) in [6, 6.07) is 14.7. The average Bonchev–Trinajstić information content (AvgIpc) is 2.48. The van der Waals surface area contributed by atoms with Crippen LogP contribution in [0.4, 0.5) is 13.2 Å². The van der Waals surface area contributed by atoms with E-state index in [4.69, 9.17) is 4.74 Å². The fraction of sp³-hybridized carbons (Fsp3) is 0.294. The van der Waals surface area contributed by atoms with Crippen LogP contribution >= 0.6 is 0 Å². The van der Waals surface area contributed by atoms with Crippen LogP contribution in [0.5, 0.6) is 5.75 Å². The summed E-state index contributed by atoms with van der Waals surface area (Å²) in [4.78, 5) is 2.01. The van der Waals surface area contributed by atoms with E-state index in [1.165, 1.54) is 12.1 Å². The van der Waals surface area contributed by atoms with E-state index >= 15 is 0 Å². The molecular formula is C17H18F3NO. The molecule has 22 heavy (non-hydrogen) atoms. The van der Waals surface area contributed by atoms with Crippen molar-refractivity contribution in [2.24, 2.45) is 0 Å². The Balaban J connectivity index is 1.78. The summed E-state index contributed by atoms with van der Waals surface area (Å²) in [6.07, 6.45) is -4.28. The van der Waals surface area contributed by atoms with Crippen molar-refractivity contribution in [3.8, 4) is 5.75 Å². The lowest BCUT2D eigenvalue weighted by molar-refractivity contribution is -0.137. The van der Waals surface area contributed by atoms with Gasteiger partial charge in [0.05, 0.1) is 5.56 Å². The van der Waals surface area contributed by atoms with Crippen molar-refractivity contribution in [1.82, 2.24) is 4.90 Å². The number of hydrogen-bond acceptors (Lipinski definition) is 2. The predicted octanol–water partition coefficient (Wildman–Crippen LogP) is 4.22. The maximum atomic E-state index is 12.5. The molecule has 5 heteroatoms. The maximum absolute atomic E-state index is 12.5. The van der Waals surface area contributed by atoms with Gasteiger partial charge in [0, 0.05) is 13.1 Å². The summed E-state index contributed by atoms with van der Waals surface area (Å²) in [6.45, 7) is 1.80. The Hall–Kier alpha value is -2.01. The second kappa shape index (κ2) is 7.31. The molecule has 2 aromatic carbocycles. The van der Waals surface area contributed by atoms with Crippen molar-refractivity contribution in [2.75, 3.05) is 20.2 Å². The smallest absolute Gasteiger partial charge is 0.416 e. The van der Waals surface area contributed by atoms with Gasteiger partial charge in [0.2, 0.25) is 0 Å². The van der Waals surface area contributed by atoms with Gasteiger partial charge in [-0.25, -0.2) is 0 Å². The van der Waals surface area contributed by atoms with Crippen LogP contribution in [0.25, 0.3) is 0 Å². The van der Waals surface area contributed by atoms with E-state index in [9.17, 15) is 13.2 Å². The molecule has 0 radical (unpaired) electrons. The van der Waals surface area contributed by atoms with Crippen molar-refractivity contribution in [3.05, 3.63) is 65.7 Å². The summed E-state index contributed by atoms with van der Waals surface area (Å²) in [7, 11) is 1.91. The van der Waals surface area contributed by atoms with Gasteiger partial charge in [-0.3, -0.25) is 4.90 Å². The van der Waals surface area contributed by atoms with Crippen LogP contribution in [0.1, 0.15) is 11.1 Å². The first kappa shape index (κ1) is 16.4. The number of alkyl halides is 3. The molecule has 0 fully saturated rings. The molecule has 0 bridgehead atoms. The van der Waals surface area contributed by atoms with E-state index < -0.39 is 11.7 Å². The van der Waals surface area contributed by atoms with Gasteiger partial charge in [-0.1, -0.05) is 30.3 Å². The molecule has 0 amide bonds. The van der Waals surface area contributed by atoms with Crippen molar-refractivity contribution in [2.45, 2.75) is 12.7 Å². The molecule has 118 valence electrons. The van der Waals surface area contributed by atoms with Gasteiger partial charge in [-0.2, -0.15) is 13.2 Å². The average molecular weight is 309 g/mol. The van der Waals surface area contributed by atoms with E-state index in [0.29, 0.717) is 19.7 Å². The van der Waals surface area contributed by atoms with E-state index in [1.807, 2.05) is 42.3 Å². The molecule has 0 N–H and O–H groups in total. The van der Waals surface area contributed by atoms with Gasteiger partial charge >= 0.3 is 6.18 Å². The Kier molecular flexibility index (Phi) is 5.44. The molecule has 2 nitrogen and oxygen atoms in total. The van der Waals surface area contributed by atoms with E-state index in [1.54, 1.807) is 0 Å². The first-order valence-electron chi connectivity index (χ1n) is 6.98. The summed E-state index contributed by atoms with van der Waals surface area (Å²) in [5, 5.41) is 0. The largest absolute Gasteiger partial charge is 0.492 e. The minimum atomic E-state index is -4.28. The van der Waals surface area contributed by atoms with Crippen LogP contribution < -0.4 is 4.74 Å². The summed E-state index contributed by atoms with van der Waals surface area (Å²) < 4.78 is 43.0. The Morgan fingerprint density at radius 2 is 1.59 bits per heavy atom. The Morgan fingerprint density at radius 3 is 2.18 bits per heavy atom. The molecule has 0 aliphatic rings. The molecule has 2 rings (SSSR count). The summed E-state index contributed by atoms with van der Waals surface area (Å²) in [5.74, 6) is 0.811. The Labute approximate surface area is 128 Å². The Bertz CT molecular complexity index is 567. The normalized spacial score (nSPS) is 11.7. The SMILES string of the molecule is CN(CCOc1ccccc1)Cc1ccc(C(F)(F)F)cc1. The third-order valence-corrected chi connectivity index (χ3v) is 3.22. The first-order chi connectivity index (χ1) is 10.4. The fourth-order valence-corrected chi connectivity index (χ4v) is 2.03. The monoisotopic (exact) mass is 309 g/mol. The quantitative estimate of drug-likeness (QED) is 0.792. The molecule has 0 saturated carbocycles. The van der Waals surface area contributed by atoms with Crippen molar-refractivity contribution < 1.29 is 17.9 Å². The fourth-order valence-electron chi connectivity index (χ4n) is 2.03. The maximum Gasteiger partial charge on any atom is 0.416 e. The van der Waals surface area contributed by atoms with Crippen LogP contribution in [0.15, 0.2) is 54.6 Å². The minimum Gasteiger partial charge on any atom is -0.492 e. The standard InChI is InChI=1S/C17H18F3NO/c1-21(11-12-22-16-5-3-2-4-6-16)13-14-7-9-15(10-8-14)17(18,19)20/h2-10H,11-13H2,1H3.